The van der Waals surface area contributed by atoms with Crippen molar-refractivity contribution in [3.63, 3.8) is 0 Å². The first-order valence-electron chi connectivity index (χ1n) is 6.12. The lowest BCUT2D eigenvalue weighted by molar-refractivity contribution is 0.0696. The summed E-state index contributed by atoms with van der Waals surface area (Å²) in [5.74, 6) is -1.03. The topological polar surface area (TPSA) is 59.3 Å². The predicted molar refractivity (Wildman–Crippen MR) is 64.5 cm³/mol. The largest absolute Gasteiger partial charge is 0.478 e. The second-order valence-electron chi connectivity index (χ2n) is 4.54. The maximum absolute atomic E-state index is 12.0. The van der Waals surface area contributed by atoms with E-state index in [0.717, 1.165) is 31.4 Å². The molecule has 1 aromatic rings. The lowest BCUT2D eigenvalue weighted by Gasteiger charge is -2.18. The highest BCUT2D eigenvalue weighted by Gasteiger charge is 2.21. The van der Waals surface area contributed by atoms with Gasteiger partial charge in [0.25, 0.3) is 5.56 Å². The molecule has 0 aliphatic heterocycles. The number of hydrogen-bond donors (Lipinski definition) is 1. The van der Waals surface area contributed by atoms with E-state index >= 15 is 0 Å². The van der Waals surface area contributed by atoms with Gasteiger partial charge in [0.15, 0.2) is 0 Å². The fourth-order valence-corrected chi connectivity index (χ4v) is 2.61. The third kappa shape index (κ3) is 2.25. The van der Waals surface area contributed by atoms with E-state index in [2.05, 4.69) is 0 Å². The van der Waals surface area contributed by atoms with E-state index in [-0.39, 0.29) is 17.2 Å². The molecule has 0 unspecified atom stereocenters. The minimum Gasteiger partial charge on any atom is -0.478 e. The van der Waals surface area contributed by atoms with Crippen molar-refractivity contribution in [3.8, 4) is 0 Å². The zero-order valence-electron chi connectivity index (χ0n) is 9.98. The van der Waals surface area contributed by atoms with Gasteiger partial charge in [-0.25, -0.2) is 4.79 Å². The molecule has 4 heteroatoms. The molecule has 0 aromatic carbocycles. The van der Waals surface area contributed by atoms with Crippen molar-refractivity contribution in [1.82, 2.24) is 4.57 Å². The first kappa shape index (κ1) is 11.9. The fraction of sp³-hybridized carbons (Fsp3) is 0.538. The SMILES string of the molecule is CCc1cc(C(=O)O)cc(=O)n1C1CCCC1. The normalized spacial score (nSPS) is 16.3. The average molecular weight is 235 g/mol. The van der Waals surface area contributed by atoms with Crippen LogP contribution >= 0.6 is 0 Å². The molecule has 1 heterocycles. The van der Waals surface area contributed by atoms with Crippen LogP contribution in [0.4, 0.5) is 0 Å². The van der Waals surface area contributed by atoms with Gasteiger partial charge in [-0.05, 0) is 25.3 Å². The van der Waals surface area contributed by atoms with Gasteiger partial charge >= 0.3 is 5.97 Å². The molecule has 0 bridgehead atoms. The molecule has 92 valence electrons. The smallest absolute Gasteiger partial charge is 0.335 e. The lowest BCUT2D eigenvalue weighted by Crippen LogP contribution is -2.27. The van der Waals surface area contributed by atoms with Gasteiger partial charge in [0.1, 0.15) is 0 Å². The number of carboxylic acids is 1. The number of aromatic carboxylic acids is 1. The van der Waals surface area contributed by atoms with Gasteiger partial charge in [0.05, 0.1) is 5.56 Å². The van der Waals surface area contributed by atoms with Crippen LogP contribution in [0.3, 0.4) is 0 Å². The number of hydrogen-bond acceptors (Lipinski definition) is 2. The predicted octanol–water partition coefficient (Wildman–Crippen LogP) is 2.22. The zero-order valence-corrected chi connectivity index (χ0v) is 9.98. The Kier molecular flexibility index (Phi) is 3.31. The van der Waals surface area contributed by atoms with E-state index in [1.54, 1.807) is 10.6 Å². The molecule has 17 heavy (non-hydrogen) atoms. The Bertz CT molecular complexity index is 484. The number of rotatable bonds is 3. The third-order valence-electron chi connectivity index (χ3n) is 3.45. The Morgan fingerprint density at radius 1 is 1.41 bits per heavy atom. The summed E-state index contributed by atoms with van der Waals surface area (Å²) in [6, 6.07) is 3.13. The Morgan fingerprint density at radius 3 is 2.59 bits per heavy atom. The Labute approximate surface area is 99.9 Å². The van der Waals surface area contributed by atoms with Gasteiger partial charge in [-0.15, -0.1) is 0 Å². The second-order valence-corrected chi connectivity index (χ2v) is 4.54. The summed E-state index contributed by atoms with van der Waals surface area (Å²) in [5.41, 5.74) is 0.761. The molecule has 0 spiro atoms. The average Bonchev–Trinajstić information content (AvgIpc) is 2.80. The van der Waals surface area contributed by atoms with Gasteiger partial charge in [-0.2, -0.15) is 0 Å². The fourth-order valence-electron chi connectivity index (χ4n) is 2.61. The maximum Gasteiger partial charge on any atom is 0.335 e. The number of aryl methyl sites for hydroxylation is 1. The molecular weight excluding hydrogens is 218 g/mol. The van der Waals surface area contributed by atoms with Crippen molar-refractivity contribution in [3.05, 3.63) is 33.7 Å². The van der Waals surface area contributed by atoms with Crippen LogP contribution in [0.5, 0.6) is 0 Å². The highest BCUT2D eigenvalue weighted by Crippen LogP contribution is 2.29. The molecule has 0 radical (unpaired) electrons. The zero-order chi connectivity index (χ0) is 12.4. The molecule has 1 aliphatic carbocycles. The maximum atomic E-state index is 12.0. The molecule has 1 saturated carbocycles. The molecule has 0 atom stereocenters. The van der Waals surface area contributed by atoms with Crippen LogP contribution in [0.1, 0.15) is 54.7 Å². The molecule has 4 nitrogen and oxygen atoms in total. The van der Waals surface area contributed by atoms with Gasteiger partial charge in [-0.1, -0.05) is 19.8 Å². The number of nitrogens with zero attached hydrogens (tertiary/aromatic N) is 1. The van der Waals surface area contributed by atoms with Crippen molar-refractivity contribution >= 4 is 5.97 Å². The first-order chi connectivity index (χ1) is 8.13. The third-order valence-corrected chi connectivity index (χ3v) is 3.45. The van der Waals surface area contributed by atoms with Crippen LogP contribution in [0, 0.1) is 0 Å². The Balaban J connectivity index is 2.51. The molecule has 1 aromatic heterocycles. The molecule has 2 rings (SSSR count). The van der Waals surface area contributed by atoms with Crippen molar-refractivity contribution in [2.24, 2.45) is 0 Å². The summed E-state index contributed by atoms with van der Waals surface area (Å²) in [6.45, 7) is 1.95. The minimum atomic E-state index is -1.03. The summed E-state index contributed by atoms with van der Waals surface area (Å²) in [5, 5.41) is 8.94. The summed E-state index contributed by atoms with van der Waals surface area (Å²) >= 11 is 0. The van der Waals surface area contributed by atoms with Gasteiger partial charge < -0.3 is 9.67 Å². The van der Waals surface area contributed by atoms with Crippen molar-refractivity contribution in [2.45, 2.75) is 45.1 Å². The van der Waals surface area contributed by atoms with Crippen molar-refractivity contribution in [2.75, 3.05) is 0 Å². The van der Waals surface area contributed by atoms with Gasteiger partial charge in [0.2, 0.25) is 0 Å². The van der Waals surface area contributed by atoms with Crippen LogP contribution in [0.2, 0.25) is 0 Å². The number of carbonyl (C=O) groups is 1. The molecule has 1 aliphatic rings. The van der Waals surface area contributed by atoms with E-state index in [1.807, 2.05) is 6.92 Å². The number of pyridine rings is 1. The standard InChI is InChI=1S/C13H17NO3/c1-2-10-7-9(13(16)17)8-12(15)14(10)11-5-3-4-6-11/h7-8,11H,2-6H2,1H3,(H,16,17). The molecule has 1 fully saturated rings. The Hall–Kier alpha value is -1.58. The van der Waals surface area contributed by atoms with Crippen LogP contribution in [0.25, 0.3) is 0 Å². The van der Waals surface area contributed by atoms with E-state index in [9.17, 15) is 9.59 Å². The summed E-state index contributed by atoms with van der Waals surface area (Å²) < 4.78 is 1.79. The van der Waals surface area contributed by atoms with Gasteiger partial charge in [-0.3, -0.25) is 4.79 Å². The van der Waals surface area contributed by atoms with Gasteiger partial charge in [0, 0.05) is 17.8 Å². The van der Waals surface area contributed by atoms with Crippen molar-refractivity contribution < 1.29 is 9.90 Å². The second kappa shape index (κ2) is 4.73. The van der Waals surface area contributed by atoms with Crippen LogP contribution in [0.15, 0.2) is 16.9 Å². The molecule has 0 amide bonds. The van der Waals surface area contributed by atoms with Crippen molar-refractivity contribution in [1.29, 1.82) is 0 Å². The highest BCUT2D eigenvalue weighted by molar-refractivity contribution is 5.87. The first-order valence-corrected chi connectivity index (χ1v) is 6.12. The summed E-state index contributed by atoms with van der Waals surface area (Å²) in [6.07, 6.45) is 5.05. The molecule has 1 N–H and O–H groups in total. The van der Waals surface area contributed by atoms with E-state index in [0.29, 0.717) is 6.42 Å². The monoisotopic (exact) mass is 235 g/mol. The van der Waals surface area contributed by atoms with Crippen LogP contribution in [-0.2, 0) is 6.42 Å². The molecule has 0 saturated heterocycles. The minimum absolute atomic E-state index is 0.0982. The summed E-state index contributed by atoms with van der Waals surface area (Å²) in [4.78, 5) is 22.9. The number of aromatic nitrogens is 1. The quantitative estimate of drug-likeness (QED) is 0.873. The highest BCUT2D eigenvalue weighted by atomic mass is 16.4. The van der Waals surface area contributed by atoms with E-state index < -0.39 is 5.97 Å². The lowest BCUT2D eigenvalue weighted by atomic mass is 10.1. The summed E-state index contributed by atoms with van der Waals surface area (Å²) in [7, 11) is 0. The molecular formula is C13H17NO3. The Morgan fingerprint density at radius 2 is 2.06 bits per heavy atom. The van der Waals surface area contributed by atoms with Crippen LogP contribution < -0.4 is 5.56 Å². The van der Waals surface area contributed by atoms with Crippen LogP contribution in [-0.4, -0.2) is 15.6 Å². The van der Waals surface area contributed by atoms with E-state index in [4.69, 9.17) is 5.11 Å². The number of carboxylic acid groups (broad SMARTS) is 1. The van der Waals surface area contributed by atoms with E-state index in [1.165, 1.54) is 6.07 Å².